The molecule has 1 aromatic rings. The quantitative estimate of drug-likeness (QED) is 0.669. The van der Waals surface area contributed by atoms with Gasteiger partial charge in [-0.05, 0) is 31.4 Å². The molecule has 0 N–H and O–H groups in total. The van der Waals surface area contributed by atoms with E-state index in [4.69, 9.17) is 0 Å². The van der Waals surface area contributed by atoms with Crippen LogP contribution in [0.4, 0.5) is 14.5 Å². The molecule has 1 fully saturated rings. The van der Waals surface area contributed by atoms with Gasteiger partial charge >= 0.3 is 0 Å². The SMILES string of the molecule is Cc1ccc(N2CCCC2)c(F)c1F. The van der Waals surface area contributed by atoms with Crippen LogP contribution < -0.4 is 4.90 Å². The van der Waals surface area contributed by atoms with E-state index >= 15 is 0 Å². The Balaban J connectivity index is 2.38. The average molecular weight is 197 g/mol. The van der Waals surface area contributed by atoms with E-state index < -0.39 is 11.6 Å². The molecule has 2 rings (SSSR count). The number of anilines is 1. The van der Waals surface area contributed by atoms with Gasteiger partial charge in [-0.1, -0.05) is 6.07 Å². The molecule has 0 unspecified atom stereocenters. The van der Waals surface area contributed by atoms with Crippen molar-refractivity contribution in [3.05, 3.63) is 29.3 Å². The van der Waals surface area contributed by atoms with Crippen molar-refractivity contribution in [1.29, 1.82) is 0 Å². The smallest absolute Gasteiger partial charge is 0.182 e. The largest absolute Gasteiger partial charge is 0.369 e. The lowest BCUT2D eigenvalue weighted by Gasteiger charge is -2.18. The molecule has 0 atom stereocenters. The second-order valence-electron chi connectivity index (χ2n) is 3.72. The zero-order valence-corrected chi connectivity index (χ0v) is 8.19. The Labute approximate surface area is 82.3 Å². The normalized spacial score (nSPS) is 16.4. The van der Waals surface area contributed by atoms with Crippen LogP contribution in [0.3, 0.4) is 0 Å². The first-order chi connectivity index (χ1) is 6.70. The summed E-state index contributed by atoms with van der Waals surface area (Å²) in [7, 11) is 0. The Bertz CT molecular complexity index is 343. The highest BCUT2D eigenvalue weighted by molar-refractivity contribution is 5.50. The second-order valence-corrected chi connectivity index (χ2v) is 3.72. The van der Waals surface area contributed by atoms with Crippen molar-refractivity contribution in [2.24, 2.45) is 0 Å². The van der Waals surface area contributed by atoms with E-state index in [9.17, 15) is 8.78 Å². The molecule has 0 saturated carbocycles. The molecule has 0 aliphatic carbocycles. The second kappa shape index (κ2) is 3.56. The van der Waals surface area contributed by atoms with Gasteiger partial charge in [-0.25, -0.2) is 8.78 Å². The van der Waals surface area contributed by atoms with Gasteiger partial charge in [0.05, 0.1) is 5.69 Å². The standard InChI is InChI=1S/C11H13F2N/c1-8-4-5-9(11(13)10(8)12)14-6-2-3-7-14/h4-5H,2-3,6-7H2,1H3. The van der Waals surface area contributed by atoms with Gasteiger partial charge in [-0.2, -0.15) is 0 Å². The molecule has 76 valence electrons. The lowest BCUT2D eigenvalue weighted by atomic mass is 10.2. The zero-order valence-electron chi connectivity index (χ0n) is 8.19. The van der Waals surface area contributed by atoms with Gasteiger partial charge in [0.25, 0.3) is 0 Å². The Hall–Kier alpha value is -1.12. The number of rotatable bonds is 1. The first-order valence-corrected chi connectivity index (χ1v) is 4.89. The van der Waals surface area contributed by atoms with Crippen LogP contribution in [0.25, 0.3) is 0 Å². The van der Waals surface area contributed by atoms with E-state index in [-0.39, 0.29) is 0 Å². The third-order valence-electron chi connectivity index (χ3n) is 2.70. The lowest BCUT2D eigenvalue weighted by Crippen LogP contribution is -2.19. The predicted molar refractivity (Wildman–Crippen MR) is 52.5 cm³/mol. The van der Waals surface area contributed by atoms with Gasteiger partial charge in [-0.3, -0.25) is 0 Å². The van der Waals surface area contributed by atoms with Crippen LogP contribution in [0.2, 0.25) is 0 Å². The fourth-order valence-electron chi connectivity index (χ4n) is 1.84. The van der Waals surface area contributed by atoms with Gasteiger partial charge in [0.15, 0.2) is 11.6 Å². The van der Waals surface area contributed by atoms with E-state index in [0.717, 1.165) is 25.9 Å². The molecule has 1 saturated heterocycles. The number of aryl methyl sites for hydroxylation is 1. The molecular formula is C11H13F2N. The van der Waals surface area contributed by atoms with Crippen LogP contribution in [-0.2, 0) is 0 Å². The molecule has 0 spiro atoms. The van der Waals surface area contributed by atoms with Crippen LogP contribution in [0.5, 0.6) is 0 Å². The number of hydrogen-bond acceptors (Lipinski definition) is 1. The molecule has 0 aromatic heterocycles. The molecule has 0 amide bonds. The zero-order chi connectivity index (χ0) is 10.1. The molecule has 0 radical (unpaired) electrons. The fourth-order valence-corrected chi connectivity index (χ4v) is 1.84. The van der Waals surface area contributed by atoms with Gasteiger partial charge in [0, 0.05) is 13.1 Å². The van der Waals surface area contributed by atoms with Crippen LogP contribution in [0.1, 0.15) is 18.4 Å². The van der Waals surface area contributed by atoms with Crippen molar-refractivity contribution in [3.63, 3.8) is 0 Å². The summed E-state index contributed by atoms with van der Waals surface area (Å²) in [6, 6.07) is 3.30. The Morgan fingerprint density at radius 1 is 1.07 bits per heavy atom. The van der Waals surface area contributed by atoms with E-state index in [2.05, 4.69) is 0 Å². The fraction of sp³-hybridized carbons (Fsp3) is 0.455. The highest BCUT2D eigenvalue weighted by Gasteiger charge is 2.19. The molecule has 1 aliphatic rings. The first kappa shape index (κ1) is 9.44. The summed E-state index contributed by atoms with van der Waals surface area (Å²) in [5.74, 6) is -1.42. The van der Waals surface area contributed by atoms with Gasteiger partial charge in [-0.15, -0.1) is 0 Å². The van der Waals surface area contributed by atoms with Crippen molar-refractivity contribution in [1.82, 2.24) is 0 Å². The summed E-state index contributed by atoms with van der Waals surface area (Å²) in [6.07, 6.45) is 2.13. The predicted octanol–water partition coefficient (Wildman–Crippen LogP) is 2.87. The molecule has 1 nitrogen and oxygen atoms in total. The summed E-state index contributed by atoms with van der Waals surface area (Å²) in [5.41, 5.74) is 0.774. The van der Waals surface area contributed by atoms with Crippen molar-refractivity contribution in [2.75, 3.05) is 18.0 Å². The summed E-state index contributed by atoms with van der Waals surface area (Å²) >= 11 is 0. The molecular weight excluding hydrogens is 184 g/mol. The Morgan fingerprint density at radius 2 is 1.71 bits per heavy atom. The van der Waals surface area contributed by atoms with Crippen molar-refractivity contribution in [3.8, 4) is 0 Å². The number of benzene rings is 1. The Morgan fingerprint density at radius 3 is 2.36 bits per heavy atom. The summed E-state index contributed by atoms with van der Waals surface area (Å²) in [5, 5.41) is 0. The third kappa shape index (κ3) is 1.47. The maximum Gasteiger partial charge on any atom is 0.182 e. The van der Waals surface area contributed by atoms with Gasteiger partial charge in [0.1, 0.15) is 0 Å². The maximum atomic E-state index is 13.5. The minimum Gasteiger partial charge on any atom is -0.369 e. The summed E-state index contributed by atoms with van der Waals surface area (Å²) in [4.78, 5) is 1.90. The van der Waals surface area contributed by atoms with E-state index in [1.165, 1.54) is 0 Å². The minimum atomic E-state index is -0.714. The first-order valence-electron chi connectivity index (χ1n) is 4.89. The van der Waals surface area contributed by atoms with E-state index in [1.807, 2.05) is 4.90 Å². The highest BCUT2D eigenvalue weighted by Crippen LogP contribution is 2.26. The molecule has 1 aromatic carbocycles. The lowest BCUT2D eigenvalue weighted by molar-refractivity contribution is 0.502. The topological polar surface area (TPSA) is 3.24 Å². The molecule has 3 heteroatoms. The summed E-state index contributed by atoms with van der Waals surface area (Å²) < 4.78 is 26.7. The molecule has 1 heterocycles. The van der Waals surface area contributed by atoms with Crippen molar-refractivity contribution in [2.45, 2.75) is 19.8 Å². The number of halogens is 2. The monoisotopic (exact) mass is 197 g/mol. The number of hydrogen-bond donors (Lipinski definition) is 0. The van der Waals surface area contributed by atoms with Crippen LogP contribution in [0, 0.1) is 18.6 Å². The van der Waals surface area contributed by atoms with E-state index in [0.29, 0.717) is 11.3 Å². The Kier molecular flexibility index (Phi) is 2.40. The van der Waals surface area contributed by atoms with Crippen molar-refractivity contribution >= 4 is 5.69 Å². The average Bonchev–Trinajstić information content (AvgIpc) is 2.67. The maximum absolute atomic E-state index is 13.5. The van der Waals surface area contributed by atoms with E-state index in [1.54, 1.807) is 19.1 Å². The van der Waals surface area contributed by atoms with Crippen LogP contribution >= 0.6 is 0 Å². The van der Waals surface area contributed by atoms with Crippen LogP contribution in [0.15, 0.2) is 12.1 Å². The minimum absolute atomic E-state index is 0.366. The van der Waals surface area contributed by atoms with Gasteiger partial charge in [0.2, 0.25) is 0 Å². The highest BCUT2D eigenvalue weighted by atomic mass is 19.2. The molecule has 14 heavy (non-hydrogen) atoms. The summed E-state index contributed by atoms with van der Waals surface area (Å²) in [6.45, 7) is 3.24. The number of nitrogens with zero attached hydrogens (tertiary/aromatic N) is 1. The molecule has 1 aliphatic heterocycles. The van der Waals surface area contributed by atoms with Crippen molar-refractivity contribution < 1.29 is 8.78 Å². The van der Waals surface area contributed by atoms with Crippen LogP contribution in [-0.4, -0.2) is 13.1 Å². The molecule has 0 bridgehead atoms. The van der Waals surface area contributed by atoms with Gasteiger partial charge < -0.3 is 4.90 Å². The third-order valence-corrected chi connectivity index (χ3v) is 2.70.